The van der Waals surface area contributed by atoms with Crippen LogP contribution in [0.2, 0.25) is 0 Å². The average Bonchev–Trinajstić information content (AvgIpc) is 3.04. The average molecular weight is 334 g/mol. The van der Waals surface area contributed by atoms with Gasteiger partial charge in [-0.1, -0.05) is 42.2 Å². The SMILES string of the molecule is COc1ccccc1CN1CN(Cc2ccco2)CSC1=S. The smallest absolute Gasteiger partial charge is 0.138 e. The van der Waals surface area contributed by atoms with Gasteiger partial charge in [0.25, 0.3) is 0 Å². The molecule has 2 aromatic rings. The Hall–Kier alpha value is -1.50. The van der Waals surface area contributed by atoms with Gasteiger partial charge < -0.3 is 14.1 Å². The molecule has 1 aromatic heterocycles. The van der Waals surface area contributed by atoms with Gasteiger partial charge in [0.2, 0.25) is 0 Å². The molecule has 3 rings (SSSR count). The van der Waals surface area contributed by atoms with Crippen LogP contribution in [-0.4, -0.2) is 33.8 Å². The summed E-state index contributed by atoms with van der Waals surface area (Å²) in [6.45, 7) is 2.35. The maximum Gasteiger partial charge on any atom is 0.138 e. The van der Waals surface area contributed by atoms with Crippen LogP contribution in [-0.2, 0) is 13.1 Å². The molecule has 4 nitrogen and oxygen atoms in total. The van der Waals surface area contributed by atoms with E-state index >= 15 is 0 Å². The topological polar surface area (TPSA) is 28.9 Å². The lowest BCUT2D eigenvalue weighted by Crippen LogP contribution is -2.43. The minimum Gasteiger partial charge on any atom is -0.496 e. The first-order chi connectivity index (χ1) is 10.8. The van der Waals surface area contributed by atoms with E-state index in [4.69, 9.17) is 21.4 Å². The molecule has 0 saturated carbocycles. The van der Waals surface area contributed by atoms with Crippen molar-refractivity contribution >= 4 is 28.3 Å². The highest BCUT2D eigenvalue weighted by atomic mass is 32.2. The van der Waals surface area contributed by atoms with Gasteiger partial charge in [-0.05, 0) is 18.2 Å². The van der Waals surface area contributed by atoms with Crippen molar-refractivity contribution in [2.75, 3.05) is 19.7 Å². The molecule has 0 aliphatic carbocycles. The Kier molecular flexibility index (Phi) is 5.02. The molecule has 1 fully saturated rings. The number of ether oxygens (including phenoxy) is 1. The second-order valence-electron chi connectivity index (χ2n) is 5.10. The van der Waals surface area contributed by atoms with E-state index in [-0.39, 0.29) is 0 Å². The van der Waals surface area contributed by atoms with Gasteiger partial charge in [-0.15, -0.1) is 0 Å². The predicted octanol–water partition coefficient (Wildman–Crippen LogP) is 3.54. The molecule has 0 unspecified atom stereocenters. The Morgan fingerprint density at radius 3 is 2.86 bits per heavy atom. The molecule has 1 aromatic carbocycles. The molecule has 0 spiro atoms. The van der Waals surface area contributed by atoms with Crippen molar-refractivity contribution in [1.82, 2.24) is 9.80 Å². The molecule has 1 saturated heterocycles. The first-order valence-corrected chi connectivity index (χ1v) is 8.44. The minimum atomic E-state index is 0.754. The van der Waals surface area contributed by atoms with Gasteiger partial charge in [0, 0.05) is 12.1 Å². The Balaban J connectivity index is 1.67. The summed E-state index contributed by atoms with van der Waals surface area (Å²) in [5.74, 6) is 2.77. The number of benzene rings is 1. The van der Waals surface area contributed by atoms with Crippen molar-refractivity contribution < 1.29 is 9.15 Å². The van der Waals surface area contributed by atoms with E-state index in [1.807, 2.05) is 30.3 Å². The van der Waals surface area contributed by atoms with Crippen LogP contribution < -0.4 is 4.74 Å². The molecule has 116 valence electrons. The van der Waals surface area contributed by atoms with Gasteiger partial charge >= 0.3 is 0 Å². The largest absolute Gasteiger partial charge is 0.496 e. The monoisotopic (exact) mass is 334 g/mol. The number of nitrogens with zero attached hydrogens (tertiary/aromatic N) is 2. The number of rotatable bonds is 5. The molecule has 1 aliphatic heterocycles. The summed E-state index contributed by atoms with van der Waals surface area (Å²) >= 11 is 7.19. The summed E-state index contributed by atoms with van der Waals surface area (Å²) < 4.78 is 11.8. The van der Waals surface area contributed by atoms with Crippen LogP contribution in [0, 0.1) is 0 Å². The molecule has 0 N–H and O–H groups in total. The molecule has 0 amide bonds. The number of hydrogen-bond donors (Lipinski definition) is 0. The van der Waals surface area contributed by atoms with Crippen molar-refractivity contribution in [2.24, 2.45) is 0 Å². The number of para-hydroxylation sites is 1. The number of thioether (sulfide) groups is 1. The number of methoxy groups -OCH3 is 1. The molecule has 0 radical (unpaired) electrons. The first kappa shape index (κ1) is 15.4. The lowest BCUT2D eigenvalue weighted by molar-refractivity contribution is 0.188. The zero-order valence-electron chi connectivity index (χ0n) is 12.4. The summed E-state index contributed by atoms with van der Waals surface area (Å²) in [7, 11) is 1.70. The lowest BCUT2D eigenvalue weighted by Gasteiger charge is -2.36. The third-order valence-electron chi connectivity index (χ3n) is 3.51. The van der Waals surface area contributed by atoms with Crippen molar-refractivity contribution in [3.05, 3.63) is 54.0 Å². The van der Waals surface area contributed by atoms with Crippen LogP contribution in [0.15, 0.2) is 47.1 Å². The first-order valence-electron chi connectivity index (χ1n) is 7.04. The zero-order chi connectivity index (χ0) is 15.4. The predicted molar refractivity (Wildman–Crippen MR) is 92.7 cm³/mol. The van der Waals surface area contributed by atoms with Crippen molar-refractivity contribution in [1.29, 1.82) is 0 Å². The van der Waals surface area contributed by atoms with Crippen LogP contribution >= 0.6 is 24.0 Å². The Morgan fingerprint density at radius 2 is 2.09 bits per heavy atom. The van der Waals surface area contributed by atoms with Crippen molar-refractivity contribution in [3.8, 4) is 5.75 Å². The van der Waals surface area contributed by atoms with Crippen molar-refractivity contribution in [2.45, 2.75) is 13.1 Å². The number of hydrogen-bond acceptors (Lipinski definition) is 5. The molecule has 1 aliphatic rings. The van der Waals surface area contributed by atoms with E-state index in [1.165, 1.54) is 0 Å². The van der Waals surface area contributed by atoms with Crippen molar-refractivity contribution in [3.63, 3.8) is 0 Å². The van der Waals surface area contributed by atoms with E-state index in [2.05, 4.69) is 15.9 Å². The summed E-state index contributed by atoms with van der Waals surface area (Å²) in [5, 5.41) is 0. The Morgan fingerprint density at radius 1 is 1.23 bits per heavy atom. The normalized spacial score (nSPS) is 16.0. The van der Waals surface area contributed by atoms with Gasteiger partial charge in [0.15, 0.2) is 0 Å². The van der Waals surface area contributed by atoms with Crippen LogP contribution in [0.4, 0.5) is 0 Å². The summed E-state index contributed by atoms with van der Waals surface area (Å²) in [6.07, 6.45) is 1.71. The highest BCUT2D eigenvalue weighted by Crippen LogP contribution is 2.25. The third-order valence-corrected chi connectivity index (χ3v) is 5.12. The van der Waals surface area contributed by atoms with Gasteiger partial charge in [-0.2, -0.15) is 0 Å². The quantitative estimate of drug-likeness (QED) is 0.777. The number of thiocarbonyl (C=S) groups is 1. The highest BCUT2D eigenvalue weighted by molar-refractivity contribution is 8.22. The van der Waals surface area contributed by atoms with Crippen LogP contribution in [0.1, 0.15) is 11.3 Å². The maximum absolute atomic E-state index is 5.50. The Labute approximate surface area is 140 Å². The summed E-state index contributed by atoms with van der Waals surface area (Å²) in [4.78, 5) is 4.51. The van der Waals surface area contributed by atoms with Crippen LogP contribution in [0.25, 0.3) is 0 Å². The minimum absolute atomic E-state index is 0.754. The molecule has 0 bridgehead atoms. The zero-order valence-corrected chi connectivity index (χ0v) is 14.0. The maximum atomic E-state index is 5.50. The standard InChI is InChI=1S/C16H18N2O2S2/c1-19-15-7-3-2-5-13(15)9-18-11-17(12-22-16(18)21)10-14-6-4-8-20-14/h2-8H,9-12H2,1H3. The van der Waals surface area contributed by atoms with E-state index in [1.54, 1.807) is 25.1 Å². The highest BCUT2D eigenvalue weighted by Gasteiger charge is 2.23. The fourth-order valence-electron chi connectivity index (χ4n) is 2.45. The van der Waals surface area contributed by atoms with E-state index in [0.717, 1.165) is 47.0 Å². The summed E-state index contributed by atoms with van der Waals surface area (Å²) in [5.41, 5.74) is 1.15. The lowest BCUT2D eigenvalue weighted by atomic mass is 10.2. The van der Waals surface area contributed by atoms with E-state index in [9.17, 15) is 0 Å². The van der Waals surface area contributed by atoms with Gasteiger partial charge in [-0.25, -0.2) is 0 Å². The van der Waals surface area contributed by atoms with Gasteiger partial charge in [0.05, 0.1) is 32.5 Å². The third kappa shape index (κ3) is 3.63. The fourth-order valence-corrected chi connectivity index (χ4v) is 3.50. The van der Waals surface area contributed by atoms with Crippen LogP contribution in [0.3, 0.4) is 0 Å². The second kappa shape index (κ2) is 7.17. The van der Waals surface area contributed by atoms with E-state index in [0.29, 0.717) is 0 Å². The second-order valence-corrected chi connectivity index (χ2v) is 6.68. The van der Waals surface area contributed by atoms with Gasteiger partial charge in [-0.3, -0.25) is 4.90 Å². The summed E-state index contributed by atoms with van der Waals surface area (Å²) in [6, 6.07) is 12.0. The number of furan rings is 1. The fraction of sp³-hybridized carbons (Fsp3) is 0.312. The molecule has 2 heterocycles. The van der Waals surface area contributed by atoms with E-state index < -0.39 is 0 Å². The molecular formula is C16H18N2O2S2. The molecule has 22 heavy (non-hydrogen) atoms. The molecular weight excluding hydrogens is 316 g/mol. The van der Waals surface area contributed by atoms with Gasteiger partial charge in [0.1, 0.15) is 15.8 Å². The molecule has 0 atom stereocenters. The van der Waals surface area contributed by atoms with Crippen LogP contribution in [0.5, 0.6) is 5.75 Å². The molecule has 6 heteroatoms. The Bertz CT molecular complexity index is 631.